The number of carboxylic acid groups (broad SMARTS) is 1. The number of hydrogen-bond acceptors (Lipinski definition) is 4. The molecule has 0 bridgehead atoms. The van der Waals surface area contributed by atoms with E-state index in [1.807, 2.05) is 11.9 Å². The van der Waals surface area contributed by atoms with Crippen LogP contribution < -0.4 is 15.6 Å². The van der Waals surface area contributed by atoms with E-state index in [-0.39, 0.29) is 22.0 Å². The number of nitrogens with zero attached hydrogens (tertiary/aromatic N) is 2. The van der Waals surface area contributed by atoms with E-state index in [1.54, 1.807) is 4.57 Å². The number of halogens is 2. The van der Waals surface area contributed by atoms with Crippen molar-refractivity contribution >= 4 is 34.2 Å². The van der Waals surface area contributed by atoms with Crippen LogP contribution in [0.25, 0.3) is 10.9 Å². The van der Waals surface area contributed by atoms with Crippen LogP contribution in [-0.2, 0) is 0 Å². The number of rotatable bonds is 5. The molecular weight excluding hydrogens is 385 g/mol. The normalized spacial score (nSPS) is 20.7. The van der Waals surface area contributed by atoms with E-state index < -0.39 is 17.2 Å². The number of benzene rings is 1. The molecule has 6 nitrogen and oxygen atoms in total. The zero-order chi connectivity index (χ0) is 20.2. The summed E-state index contributed by atoms with van der Waals surface area (Å²) in [5.41, 5.74) is -0.320. The maximum Gasteiger partial charge on any atom is 0.341 e. The van der Waals surface area contributed by atoms with Gasteiger partial charge in [-0.25, -0.2) is 9.18 Å². The van der Waals surface area contributed by atoms with Crippen molar-refractivity contribution in [2.45, 2.75) is 38.3 Å². The minimum absolute atomic E-state index is 0.0254. The number of anilines is 1. The molecule has 0 radical (unpaired) electrons. The zero-order valence-corrected chi connectivity index (χ0v) is 16.6. The maximum atomic E-state index is 15.1. The minimum atomic E-state index is -1.31. The van der Waals surface area contributed by atoms with Gasteiger partial charge in [-0.2, -0.15) is 0 Å². The third-order valence-electron chi connectivity index (χ3n) is 6.06. The molecule has 1 aliphatic carbocycles. The lowest BCUT2D eigenvalue weighted by Gasteiger charge is -2.24. The Hall–Kier alpha value is -2.12. The second kappa shape index (κ2) is 7.04. The number of nitrogens with one attached hydrogen (secondary N) is 1. The average Bonchev–Trinajstić information content (AvgIpc) is 3.39. The molecule has 1 saturated carbocycles. The molecule has 8 heteroatoms. The van der Waals surface area contributed by atoms with Gasteiger partial charge in [-0.3, -0.25) is 4.79 Å². The Kier molecular flexibility index (Phi) is 4.83. The molecule has 0 unspecified atom stereocenters. The molecule has 2 atom stereocenters. The number of carboxylic acids is 1. The van der Waals surface area contributed by atoms with E-state index in [0.717, 1.165) is 25.3 Å². The molecular formula is C20H23ClFN3O3. The SMILES string of the molecule is CN[C@H](C)[C@@H]1CCN(c2c(F)cc3c(=O)c(C(=O)O)cn(C4CC4)c3c2Cl)C1. The predicted molar refractivity (Wildman–Crippen MR) is 107 cm³/mol. The molecule has 1 aromatic heterocycles. The molecule has 2 aliphatic rings. The van der Waals surface area contributed by atoms with Crippen molar-refractivity contribution < 1.29 is 14.3 Å². The molecule has 2 heterocycles. The summed E-state index contributed by atoms with van der Waals surface area (Å²) >= 11 is 6.66. The first-order valence-electron chi connectivity index (χ1n) is 9.55. The second-order valence-corrected chi connectivity index (χ2v) is 8.18. The number of hydrogen-bond donors (Lipinski definition) is 2. The first-order chi connectivity index (χ1) is 13.3. The fourth-order valence-electron chi connectivity index (χ4n) is 4.15. The Bertz CT molecular complexity index is 1020. The van der Waals surface area contributed by atoms with E-state index in [9.17, 15) is 14.7 Å². The topological polar surface area (TPSA) is 74.6 Å². The highest BCUT2D eigenvalue weighted by molar-refractivity contribution is 6.38. The molecule has 2 fully saturated rings. The van der Waals surface area contributed by atoms with Gasteiger partial charge in [-0.05, 0) is 45.2 Å². The van der Waals surface area contributed by atoms with Crippen LogP contribution in [0.15, 0.2) is 17.1 Å². The lowest BCUT2D eigenvalue weighted by Crippen LogP contribution is -2.33. The van der Waals surface area contributed by atoms with Gasteiger partial charge in [0.25, 0.3) is 0 Å². The predicted octanol–water partition coefficient (Wildman–Crippen LogP) is 3.26. The summed E-state index contributed by atoms with van der Waals surface area (Å²) in [5, 5.41) is 12.8. The average molecular weight is 408 g/mol. The summed E-state index contributed by atoms with van der Waals surface area (Å²) in [6.45, 7) is 3.45. The summed E-state index contributed by atoms with van der Waals surface area (Å²) < 4.78 is 16.8. The molecule has 2 aromatic rings. The highest BCUT2D eigenvalue weighted by Gasteiger charge is 2.33. The van der Waals surface area contributed by atoms with Crippen LogP contribution in [0.5, 0.6) is 0 Å². The van der Waals surface area contributed by atoms with Crippen LogP contribution in [0, 0.1) is 11.7 Å². The van der Waals surface area contributed by atoms with E-state index in [0.29, 0.717) is 36.3 Å². The fourth-order valence-corrected chi connectivity index (χ4v) is 4.56. The van der Waals surface area contributed by atoms with E-state index in [1.165, 1.54) is 6.20 Å². The van der Waals surface area contributed by atoms with E-state index in [4.69, 9.17) is 11.6 Å². The number of aromatic carboxylic acids is 1. The van der Waals surface area contributed by atoms with Crippen LogP contribution in [0.1, 0.15) is 42.6 Å². The first kappa shape index (κ1) is 19.2. The van der Waals surface area contributed by atoms with Crippen molar-refractivity contribution in [3.8, 4) is 0 Å². The summed E-state index contributed by atoms with van der Waals surface area (Å²) in [5.74, 6) is -1.53. The fraction of sp³-hybridized carbons (Fsp3) is 0.500. The lowest BCUT2D eigenvalue weighted by atomic mass is 10.0. The largest absolute Gasteiger partial charge is 0.477 e. The molecule has 0 spiro atoms. The van der Waals surface area contributed by atoms with E-state index >= 15 is 4.39 Å². The van der Waals surface area contributed by atoms with E-state index in [2.05, 4.69) is 12.2 Å². The monoisotopic (exact) mass is 407 g/mol. The van der Waals surface area contributed by atoms with Crippen molar-refractivity contribution in [1.29, 1.82) is 0 Å². The standard InChI is InChI=1S/C20H23ClFN3O3/c1-10(23-2)11-5-6-24(8-11)18-15(22)7-13-17(16(18)21)25(12-3-4-12)9-14(19(13)26)20(27)28/h7,9-12,23H,3-6,8H2,1-2H3,(H,27,28)/t10-,11-/m1/s1. The third-order valence-corrected chi connectivity index (χ3v) is 6.42. The van der Waals surface area contributed by atoms with Gasteiger partial charge in [-0.15, -0.1) is 0 Å². The van der Waals surface area contributed by atoms with Crippen molar-refractivity contribution in [2.24, 2.45) is 5.92 Å². The highest BCUT2D eigenvalue weighted by atomic mass is 35.5. The van der Waals surface area contributed by atoms with Crippen molar-refractivity contribution in [3.05, 3.63) is 38.9 Å². The summed E-state index contributed by atoms with van der Waals surface area (Å²) in [7, 11) is 1.91. The Balaban J connectivity index is 1.89. The first-order valence-corrected chi connectivity index (χ1v) is 9.93. The lowest BCUT2D eigenvalue weighted by molar-refractivity contribution is 0.0695. The van der Waals surface area contributed by atoms with Gasteiger partial charge in [0.2, 0.25) is 5.43 Å². The van der Waals surface area contributed by atoms with Crippen LogP contribution in [0.3, 0.4) is 0 Å². The molecule has 1 aromatic carbocycles. The van der Waals surface area contributed by atoms with Gasteiger partial charge in [0.15, 0.2) is 0 Å². The molecule has 1 saturated heterocycles. The van der Waals surface area contributed by atoms with Crippen LogP contribution >= 0.6 is 11.6 Å². The van der Waals surface area contributed by atoms with Crippen LogP contribution in [0.2, 0.25) is 5.02 Å². The van der Waals surface area contributed by atoms with Crippen LogP contribution in [0.4, 0.5) is 10.1 Å². The van der Waals surface area contributed by atoms with Crippen LogP contribution in [-0.4, -0.2) is 41.8 Å². The summed E-state index contributed by atoms with van der Waals surface area (Å²) in [4.78, 5) is 26.1. The van der Waals surface area contributed by atoms with Crippen molar-refractivity contribution in [2.75, 3.05) is 25.0 Å². The molecule has 4 rings (SSSR count). The highest BCUT2D eigenvalue weighted by Crippen LogP contribution is 2.43. The third kappa shape index (κ3) is 3.06. The molecule has 1 aliphatic heterocycles. The van der Waals surface area contributed by atoms with Gasteiger partial charge in [-0.1, -0.05) is 11.6 Å². The second-order valence-electron chi connectivity index (χ2n) is 7.80. The van der Waals surface area contributed by atoms with Gasteiger partial charge >= 0.3 is 5.97 Å². The summed E-state index contributed by atoms with van der Waals surface area (Å²) in [6.07, 6.45) is 4.04. The number of carbonyl (C=O) groups is 1. The maximum absolute atomic E-state index is 15.1. The summed E-state index contributed by atoms with van der Waals surface area (Å²) in [6, 6.07) is 1.54. The zero-order valence-electron chi connectivity index (χ0n) is 15.8. The van der Waals surface area contributed by atoms with Crippen molar-refractivity contribution in [1.82, 2.24) is 9.88 Å². The number of aromatic nitrogens is 1. The Morgan fingerprint density at radius 3 is 2.71 bits per heavy atom. The molecule has 2 N–H and O–H groups in total. The molecule has 28 heavy (non-hydrogen) atoms. The van der Waals surface area contributed by atoms with Gasteiger partial charge in [0.05, 0.1) is 21.6 Å². The Morgan fingerprint density at radius 1 is 1.39 bits per heavy atom. The number of fused-ring (bicyclic) bond motifs is 1. The van der Waals surface area contributed by atoms with Crippen molar-refractivity contribution in [3.63, 3.8) is 0 Å². The number of pyridine rings is 1. The minimum Gasteiger partial charge on any atom is -0.477 e. The molecule has 150 valence electrons. The van der Waals surface area contributed by atoms with Gasteiger partial charge in [0.1, 0.15) is 11.4 Å². The van der Waals surface area contributed by atoms with Gasteiger partial charge < -0.3 is 19.9 Å². The van der Waals surface area contributed by atoms with Gasteiger partial charge in [0, 0.05) is 31.4 Å². The Morgan fingerprint density at radius 2 is 2.11 bits per heavy atom. The smallest absolute Gasteiger partial charge is 0.341 e. The Labute approximate surface area is 166 Å². The molecule has 0 amide bonds. The quantitative estimate of drug-likeness (QED) is 0.795.